The van der Waals surface area contributed by atoms with E-state index in [4.69, 9.17) is 17.3 Å². The van der Waals surface area contributed by atoms with Crippen molar-refractivity contribution in [3.05, 3.63) is 27.7 Å². The van der Waals surface area contributed by atoms with Gasteiger partial charge in [0.2, 0.25) is 10.0 Å². The smallest absolute Gasteiger partial charge is 0.245 e. The minimum atomic E-state index is -3.59. The molecule has 2 N–H and O–H groups in total. The Bertz CT molecular complexity index is 576. The van der Waals surface area contributed by atoms with Crippen molar-refractivity contribution in [2.75, 3.05) is 13.1 Å². The van der Waals surface area contributed by atoms with Crippen LogP contribution >= 0.6 is 39.9 Å². The van der Waals surface area contributed by atoms with E-state index in [0.29, 0.717) is 17.6 Å². The second kappa shape index (κ2) is 7.62. The Hall–Kier alpha value is 0.150. The maximum Gasteiger partial charge on any atom is 0.245 e. The Morgan fingerprint density at radius 2 is 2.14 bits per heavy atom. The third kappa shape index (κ3) is 4.12. The van der Waals surface area contributed by atoms with E-state index in [0.717, 1.165) is 12.8 Å². The van der Waals surface area contributed by atoms with E-state index in [1.54, 1.807) is 18.2 Å². The first kappa shape index (κ1) is 19.2. The Kier molecular flexibility index (Phi) is 6.96. The Morgan fingerprint density at radius 3 is 2.71 bits per heavy atom. The van der Waals surface area contributed by atoms with Crippen molar-refractivity contribution in [3.63, 3.8) is 0 Å². The molecule has 21 heavy (non-hydrogen) atoms. The molecule has 0 spiro atoms. The highest BCUT2D eigenvalue weighted by molar-refractivity contribution is 9.10. The number of nitrogens with zero attached hydrogens (tertiary/aromatic N) is 1. The first-order chi connectivity index (χ1) is 9.34. The highest BCUT2D eigenvalue weighted by atomic mass is 79.9. The largest absolute Gasteiger partial charge is 0.328 e. The Morgan fingerprint density at radius 1 is 1.48 bits per heavy atom. The second-order valence-electron chi connectivity index (χ2n) is 5.18. The summed E-state index contributed by atoms with van der Waals surface area (Å²) in [6, 6.07) is 4.98. The molecule has 1 aliphatic rings. The zero-order valence-corrected chi connectivity index (χ0v) is 15.6. The van der Waals surface area contributed by atoms with E-state index < -0.39 is 10.0 Å². The van der Waals surface area contributed by atoms with Crippen LogP contribution in [0.2, 0.25) is 5.02 Å². The number of hydrogen-bond acceptors (Lipinski definition) is 3. The van der Waals surface area contributed by atoms with Crippen molar-refractivity contribution < 1.29 is 8.42 Å². The van der Waals surface area contributed by atoms with E-state index in [1.807, 2.05) is 6.92 Å². The van der Waals surface area contributed by atoms with Gasteiger partial charge in [0.25, 0.3) is 0 Å². The summed E-state index contributed by atoms with van der Waals surface area (Å²) in [5.41, 5.74) is 5.91. The highest BCUT2D eigenvalue weighted by Crippen LogP contribution is 2.33. The number of nitrogens with two attached hydrogens (primary N) is 1. The fraction of sp³-hybridized carbons (Fsp3) is 0.538. The number of benzene rings is 1. The van der Waals surface area contributed by atoms with Gasteiger partial charge in [-0.25, -0.2) is 8.42 Å². The summed E-state index contributed by atoms with van der Waals surface area (Å²) >= 11 is 9.35. The van der Waals surface area contributed by atoms with Crippen molar-refractivity contribution in [1.82, 2.24) is 4.31 Å². The molecule has 1 saturated heterocycles. The molecule has 0 aliphatic carbocycles. The van der Waals surface area contributed by atoms with E-state index in [1.165, 1.54) is 4.31 Å². The lowest BCUT2D eigenvalue weighted by Gasteiger charge is -2.34. The zero-order chi connectivity index (χ0) is 14.9. The van der Waals surface area contributed by atoms with Gasteiger partial charge in [-0.15, -0.1) is 12.4 Å². The summed E-state index contributed by atoms with van der Waals surface area (Å²) in [5, 5.41) is 0.238. The molecule has 1 aromatic carbocycles. The summed E-state index contributed by atoms with van der Waals surface area (Å²) in [6.07, 6.45) is 1.79. The van der Waals surface area contributed by atoms with Gasteiger partial charge in [-0.1, -0.05) is 17.7 Å². The van der Waals surface area contributed by atoms with Crippen molar-refractivity contribution in [2.24, 2.45) is 11.7 Å². The minimum absolute atomic E-state index is 0. The van der Waals surface area contributed by atoms with Gasteiger partial charge in [-0.3, -0.25) is 0 Å². The van der Waals surface area contributed by atoms with Gasteiger partial charge in [0.1, 0.15) is 4.90 Å². The van der Waals surface area contributed by atoms with Crippen LogP contribution in [0.1, 0.15) is 19.8 Å². The molecule has 8 heteroatoms. The molecule has 2 rings (SSSR count). The van der Waals surface area contributed by atoms with Gasteiger partial charge in [-0.2, -0.15) is 4.31 Å². The van der Waals surface area contributed by atoms with E-state index in [9.17, 15) is 8.42 Å². The topological polar surface area (TPSA) is 63.4 Å². The molecule has 1 heterocycles. The molecule has 2 unspecified atom stereocenters. The SMILES string of the molecule is CC(N)C1CCCN(S(=O)(=O)c2c(Cl)cccc2Br)C1.Cl. The molecule has 0 radical (unpaired) electrons. The molecular weight excluding hydrogens is 399 g/mol. The van der Waals surface area contributed by atoms with E-state index >= 15 is 0 Å². The van der Waals surface area contributed by atoms with Crippen LogP contribution in [0.3, 0.4) is 0 Å². The zero-order valence-electron chi connectivity index (χ0n) is 11.6. The van der Waals surface area contributed by atoms with Crippen molar-refractivity contribution in [3.8, 4) is 0 Å². The van der Waals surface area contributed by atoms with Crippen LogP contribution in [0.15, 0.2) is 27.6 Å². The minimum Gasteiger partial charge on any atom is -0.328 e. The fourth-order valence-electron chi connectivity index (χ4n) is 2.48. The first-order valence-electron chi connectivity index (χ1n) is 6.53. The predicted molar refractivity (Wildman–Crippen MR) is 91.5 cm³/mol. The quantitative estimate of drug-likeness (QED) is 0.820. The third-order valence-corrected chi connectivity index (χ3v) is 7.00. The summed E-state index contributed by atoms with van der Waals surface area (Å²) in [5.74, 6) is 0.194. The molecule has 1 fully saturated rings. The third-order valence-electron chi connectivity index (χ3n) is 3.68. The lowest BCUT2D eigenvalue weighted by atomic mass is 9.93. The Balaban J connectivity index is 0.00000220. The molecule has 0 saturated carbocycles. The molecule has 2 atom stereocenters. The van der Waals surface area contributed by atoms with Crippen LogP contribution in [0, 0.1) is 5.92 Å². The van der Waals surface area contributed by atoms with Crippen LogP contribution < -0.4 is 5.73 Å². The van der Waals surface area contributed by atoms with E-state index in [-0.39, 0.29) is 34.3 Å². The Labute approximate surface area is 145 Å². The summed E-state index contributed by atoms with van der Waals surface area (Å²) in [6.45, 7) is 2.90. The second-order valence-corrected chi connectivity index (χ2v) is 8.31. The predicted octanol–water partition coefficient (Wildman–Crippen LogP) is 3.27. The van der Waals surface area contributed by atoms with Crippen LogP contribution in [0.4, 0.5) is 0 Å². The maximum atomic E-state index is 12.8. The number of piperidine rings is 1. The van der Waals surface area contributed by atoms with Crippen LogP contribution in [-0.4, -0.2) is 31.9 Å². The van der Waals surface area contributed by atoms with Crippen molar-refractivity contribution in [1.29, 1.82) is 0 Å². The molecular formula is C13H19BrCl2N2O2S. The monoisotopic (exact) mass is 416 g/mol. The molecule has 120 valence electrons. The summed E-state index contributed by atoms with van der Waals surface area (Å²) in [4.78, 5) is 0.145. The first-order valence-corrected chi connectivity index (χ1v) is 9.15. The highest BCUT2D eigenvalue weighted by Gasteiger charge is 2.33. The lowest BCUT2D eigenvalue weighted by molar-refractivity contribution is 0.243. The lowest BCUT2D eigenvalue weighted by Crippen LogP contribution is -2.45. The molecule has 0 amide bonds. The summed E-state index contributed by atoms with van der Waals surface area (Å²) < 4.78 is 27.5. The average molecular weight is 418 g/mol. The number of sulfonamides is 1. The van der Waals surface area contributed by atoms with Gasteiger partial charge in [0.05, 0.1) is 5.02 Å². The van der Waals surface area contributed by atoms with Gasteiger partial charge >= 0.3 is 0 Å². The number of rotatable bonds is 3. The molecule has 1 aromatic rings. The molecule has 0 aromatic heterocycles. The number of halogens is 3. The maximum absolute atomic E-state index is 12.8. The summed E-state index contributed by atoms with van der Waals surface area (Å²) in [7, 11) is -3.59. The van der Waals surface area contributed by atoms with E-state index in [2.05, 4.69) is 15.9 Å². The molecule has 0 bridgehead atoms. The average Bonchev–Trinajstić information content (AvgIpc) is 2.38. The van der Waals surface area contributed by atoms with Crippen LogP contribution in [0.25, 0.3) is 0 Å². The van der Waals surface area contributed by atoms with Gasteiger partial charge in [0, 0.05) is 23.6 Å². The molecule has 4 nitrogen and oxygen atoms in total. The van der Waals surface area contributed by atoms with Crippen molar-refractivity contribution in [2.45, 2.75) is 30.7 Å². The van der Waals surface area contributed by atoms with Gasteiger partial charge in [0.15, 0.2) is 0 Å². The number of hydrogen-bond donors (Lipinski definition) is 1. The van der Waals surface area contributed by atoms with Gasteiger partial charge < -0.3 is 5.73 Å². The van der Waals surface area contributed by atoms with Crippen LogP contribution in [-0.2, 0) is 10.0 Å². The van der Waals surface area contributed by atoms with Crippen LogP contribution in [0.5, 0.6) is 0 Å². The molecule has 1 aliphatic heterocycles. The fourth-order valence-corrected chi connectivity index (χ4v) is 5.68. The standard InChI is InChI=1S/C13H18BrClN2O2S.ClH/c1-9(16)10-4-3-7-17(8-10)20(18,19)13-11(14)5-2-6-12(13)15;/h2,5-6,9-10H,3-4,7-8,16H2,1H3;1H. The van der Waals surface area contributed by atoms with Crippen molar-refractivity contribution >= 4 is 50.0 Å². The normalized spacial score (nSPS) is 21.6. The van der Waals surface area contributed by atoms with Gasteiger partial charge in [-0.05, 0) is 53.7 Å².